The van der Waals surface area contributed by atoms with Crippen molar-refractivity contribution in [1.82, 2.24) is 0 Å². The van der Waals surface area contributed by atoms with Gasteiger partial charge < -0.3 is 19.7 Å². The summed E-state index contributed by atoms with van der Waals surface area (Å²) in [6.45, 7) is 1.69. The van der Waals surface area contributed by atoms with Crippen molar-refractivity contribution in [3.05, 3.63) is 0 Å². The molecule has 4 rings (SSSR count). The summed E-state index contributed by atoms with van der Waals surface area (Å²) in [5, 5.41) is 18.8. The number of carbonyl (C=O) groups is 1. The van der Waals surface area contributed by atoms with E-state index < -0.39 is 6.16 Å². The van der Waals surface area contributed by atoms with Gasteiger partial charge in [-0.2, -0.15) is 0 Å². The number of fused-ring (bicyclic) bond motifs is 2. The highest BCUT2D eigenvalue weighted by molar-refractivity contribution is 5.59. The molecular weight excluding hydrogens is 380 g/mol. The van der Waals surface area contributed by atoms with E-state index in [1.165, 1.54) is 38.5 Å². The second-order valence-electron chi connectivity index (χ2n) is 11.0. The van der Waals surface area contributed by atoms with E-state index in [-0.39, 0.29) is 0 Å². The lowest BCUT2D eigenvalue weighted by atomic mass is 9.65. The second kappa shape index (κ2) is 10.7. The van der Waals surface area contributed by atoms with Crippen LogP contribution < -0.4 is 0 Å². The largest absolute Gasteiger partial charge is 0.508 e. The Morgan fingerprint density at radius 3 is 1.27 bits per heavy atom. The van der Waals surface area contributed by atoms with Gasteiger partial charge in [-0.05, 0) is 124 Å². The maximum atomic E-state index is 12.2. The predicted molar refractivity (Wildman–Crippen MR) is 115 cm³/mol. The van der Waals surface area contributed by atoms with Crippen LogP contribution in [0.15, 0.2) is 0 Å². The maximum Gasteiger partial charge on any atom is 0.508 e. The fraction of sp³-hybridized carbons (Fsp3) is 0.960. The van der Waals surface area contributed by atoms with E-state index >= 15 is 0 Å². The van der Waals surface area contributed by atoms with Gasteiger partial charge in [0.25, 0.3) is 0 Å². The van der Waals surface area contributed by atoms with Crippen LogP contribution in [0.3, 0.4) is 0 Å². The van der Waals surface area contributed by atoms with Gasteiger partial charge in [0.2, 0.25) is 0 Å². The molecule has 5 nitrogen and oxygen atoms in total. The quantitative estimate of drug-likeness (QED) is 0.602. The minimum atomic E-state index is -0.479. The Balaban J connectivity index is 1.11. The first-order valence-electron chi connectivity index (χ1n) is 12.7. The van der Waals surface area contributed by atoms with Crippen LogP contribution in [0.5, 0.6) is 0 Å². The smallest absolute Gasteiger partial charge is 0.434 e. The van der Waals surface area contributed by atoms with Gasteiger partial charge in [0.05, 0.1) is 13.2 Å². The van der Waals surface area contributed by atoms with Crippen LogP contribution in [0.25, 0.3) is 0 Å². The van der Waals surface area contributed by atoms with Gasteiger partial charge in [-0.15, -0.1) is 0 Å². The van der Waals surface area contributed by atoms with E-state index in [9.17, 15) is 15.0 Å². The highest BCUT2D eigenvalue weighted by atomic mass is 16.7. The van der Waals surface area contributed by atoms with Gasteiger partial charge in [0, 0.05) is 13.2 Å². The summed E-state index contributed by atoms with van der Waals surface area (Å²) in [6, 6.07) is 0. The summed E-state index contributed by atoms with van der Waals surface area (Å²) >= 11 is 0. The number of hydrogen-bond acceptors (Lipinski definition) is 5. The minimum absolute atomic E-state index is 0.340. The van der Waals surface area contributed by atoms with Crippen molar-refractivity contribution in [1.29, 1.82) is 0 Å². The highest BCUT2D eigenvalue weighted by Crippen LogP contribution is 2.45. The van der Waals surface area contributed by atoms with Gasteiger partial charge >= 0.3 is 6.16 Å². The standard InChI is InChI=1S/C25H42O5/c26-13-17-1-5-23-11-19(3-7-21(23)9-17)15-29-25(28)30-16-20-4-8-22-10-18(14-27)2-6-24(22)12-20/h17-24,26-27H,1-16H2. The Morgan fingerprint density at radius 1 is 0.567 bits per heavy atom. The Hall–Kier alpha value is -0.810. The van der Waals surface area contributed by atoms with Crippen molar-refractivity contribution in [3.63, 3.8) is 0 Å². The molecule has 0 aromatic heterocycles. The molecule has 0 radical (unpaired) electrons. The van der Waals surface area contributed by atoms with Crippen molar-refractivity contribution in [2.45, 2.75) is 77.0 Å². The van der Waals surface area contributed by atoms with Gasteiger partial charge in [-0.3, -0.25) is 0 Å². The zero-order valence-corrected chi connectivity index (χ0v) is 18.6. The van der Waals surface area contributed by atoms with E-state index in [1.807, 2.05) is 0 Å². The van der Waals surface area contributed by atoms with Gasteiger partial charge in [-0.25, -0.2) is 4.79 Å². The third-order valence-corrected chi connectivity index (χ3v) is 9.05. The average molecular weight is 423 g/mol. The van der Waals surface area contributed by atoms with Crippen LogP contribution in [-0.2, 0) is 9.47 Å². The van der Waals surface area contributed by atoms with Gasteiger partial charge in [-0.1, -0.05) is 0 Å². The number of rotatable bonds is 6. The molecule has 0 aliphatic heterocycles. The molecule has 0 heterocycles. The zero-order valence-electron chi connectivity index (χ0n) is 18.6. The summed E-state index contributed by atoms with van der Waals surface area (Å²) in [4.78, 5) is 12.2. The molecule has 0 amide bonds. The monoisotopic (exact) mass is 422 g/mol. The molecule has 30 heavy (non-hydrogen) atoms. The molecular formula is C25H42O5. The molecule has 4 aliphatic carbocycles. The van der Waals surface area contributed by atoms with Crippen LogP contribution in [0, 0.1) is 47.3 Å². The van der Waals surface area contributed by atoms with Crippen LogP contribution in [0.1, 0.15) is 77.0 Å². The number of carbonyl (C=O) groups excluding carboxylic acids is 1. The molecule has 0 aromatic rings. The summed E-state index contributed by atoms with van der Waals surface area (Å²) < 4.78 is 11.0. The van der Waals surface area contributed by atoms with Gasteiger partial charge in [0.1, 0.15) is 0 Å². The van der Waals surface area contributed by atoms with Crippen molar-refractivity contribution >= 4 is 6.16 Å². The molecule has 4 fully saturated rings. The number of aliphatic hydroxyl groups excluding tert-OH is 2. The van der Waals surface area contributed by atoms with Crippen molar-refractivity contribution < 1.29 is 24.5 Å². The molecule has 0 bridgehead atoms. The fourth-order valence-electron chi connectivity index (χ4n) is 7.21. The normalized spacial score (nSPS) is 41.4. The first-order chi connectivity index (χ1) is 14.6. The maximum absolute atomic E-state index is 12.2. The van der Waals surface area contributed by atoms with Crippen LogP contribution in [0.4, 0.5) is 4.79 Å². The lowest BCUT2D eigenvalue weighted by Crippen LogP contribution is -2.34. The lowest BCUT2D eigenvalue weighted by Gasteiger charge is -2.42. The van der Waals surface area contributed by atoms with Crippen molar-refractivity contribution in [3.8, 4) is 0 Å². The lowest BCUT2D eigenvalue weighted by molar-refractivity contribution is 0.00150. The van der Waals surface area contributed by atoms with Crippen molar-refractivity contribution in [2.75, 3.05) is 26.4 Å². The molecule has 4 saturated carbocycles. The van der Waals surface area contributed by atoms with E-state index in [1.54, 1.807) is 0 Å². The molecule has 0 aromatic carbocycles. The predicted octanol–water partition coefficient (Wildman–Crippen LogP) is 4.79. The van der Waals surface area contributed by atoms with E-state index in [0.29, 0.717) is 50.1 Å². The Morgan fingerprint density at radius 2 is 0.900 bits per heavy atom. The molecule has 8 atom stereocenters. The van der Waals surface area contributed by atoms with Crippen molar-refractivity contribution in [2.24, 2.45) is 47.3 Å². The highest BCUT2D eigenvalue weighted by Gasteiger charge is 2.37. The molecule has 8 unspecified atom stereocenters. The summed E-state index contributed by atoms with van der Waals surface area (Å²) in [7, 11) is 0. The SMILES string of the molecule is O=C(OCC1CCC2CC(CO)CCC2C1)OCC1CCC2CC(CO)CCC2C1. The van der Waals surface area contributed by atoms with Crippen LogP contribution >= 0.6 is 0 Å². The van der Waals surface area contributed by atoms with E-state index in [4.69, 9.17) is 9.47 Å². The first kappa shape index (κ1) is 22.4. The van der Waals surface area contributed by atoms with E-state index in [0.717, 1.165) is 62.2 Å². The van der Waals surface area contributed by atoms with E-state index in [2.05, 4.69) is 0 Å². The molecule has 0 saturated heterocycles. The number of aliphatic hydroxyl groups is 2. The van der Waals surface area contributed by atoms with Crippen LogP contribution in [0.2, 0.25) is 0 Å². The fourth-order valence-corrected chi connectivity index (χ4v) is 7.21. The second-order valence-corrected chi connectivity index (χ2v) is 11.0. The first-order valence-corrected chi connectivity index (χ1v) is 12.7. The zero-order chi connectivity index (χ0) is 20.9. The van der Waals surface area contributed by atoms with Gasteiger partial charge in [0.15, 0.2) is 0 Å². The summed E-state index contributed by atoms with van der Waals surface area (Å²) in [5.41, 5.74) is 0. The third kappa shape index (κ3) is 5.70. The molecule has 2 N–H and O–H groups in total. The number of ether oxygens (including phenoxy) is 2. The molecule has 0 spiro atoms. The summed E-state index contributed by atoms with van der Waals surface area (Å²) in [5.74, 6) is 5.00. The molecule has 5 heteroatoms. The number of hydrogen-bond donors (Lipinski definition) is 2. The third-order valence-electron chi connectivity index (χ3n) is 9.05. The Kier molecular flexibility index (Phi) is 7.96. The van der Waals surface area contributed by atoms with Crippen LogP contribution in [-0.4, -0.2) is 42.8 Å². The Labute approximate surface area is 181 Å². The molecule has 172 valence electrons. The average Bonchev–Trinajstić information content (AvgIpc) is 2.80. The molecule has 4 aliphatic rings. The minimum Gasteiger partial charge on any atom is -0.434 e. The topological polar surface area (TPSA) is 76.0 Å². The Bertz CT molecular complexity index is 506. The summed E-state index contributed by atoms with van der Waals surface area (Å²) in [6.07, 6.45) is 13.6.